The van der Waals surface area contributed by atoms with E-state index in [2.05, 4.69) is 5.32 Å². The fourth-order valence-corrected chi connectivity index (χ4v) is 4.01. The van der Waals surface area contributed by atoms with E-state index in [1.54, 1.807) is 0 Å². The molecule has 0 radical (unpaired) electrons. The molecule has 0 spiro atoms. The van der Waals surface area contributed by atoms with Gasteiger partial charge in [0.25, 0.3) is 0 Å². The van der Waals surface area contributed by atoms with Crippen molar-refractivity contribution in [3.63, 3.8) is 0 Å². The van der Waals surface area contributed by atoms with Gasteiger partial charge in [-0.15, -0.1) is 0 Å². The van der Waals surface area contributed by atoms with Crippen molar-refractivity contribution in [2.45, 2.75) is 51.0 Å². The van der Waals surface area contributed by atoms with Crippen LogP contribution < -0.4 is 5.32 Å². The number of nitrogens with zero attached hydrogens (tertiary/aromatic N) is 1. The Balaban J connectivity index is 1.71. The van der Waals surface area contributed by atoms with Crippen LogP contribution in [0.15, 0.2) is 0 Å². The topological polar surface area (TPSA) is 58.6 Å². The van der Waals surface area contributed by atoms with Gasteiger partial charge < -0.3 is 15.0 Å². The molecule has 2 heterocycles. The number of ether oxygens (including phenoxy) is 1. The molecule has 2 aliphatic heterocycles. The second kappa shape index (κ2) is 6.77. The van der Waals surface area contributed by atoms with Gasteiger partial charge in [0.2, 0.25) is 11.8 Å². The molecule has 1 atom stereocenters. The lowest BCUT2D eigenvalue weighted by Gasteiger charge is -2.42. The third kappa shape index (κ3) is 3.39. The van der Waals surface area contributed by atoms with Crippen molar-refractivity contribution in [2.75, 3.05) is 26.3 Å². The highest BCUT2D eigenvalue weighted by Gasteiger charge is 2.40. The summed E-state index contributed by atoms with van der Waals surface area (Å²) in [5.74, 6) is 0.993. The summed E-state index contributed by atoms with van der Waals surface area (Å²) in [5.41, 5.74) is 0. The molecule has 0 aromatic heterocycles. The number of hydrogen-bond acceptors (Lipinski definition) is 3. The predicted molar refractivity (Wildman–Crippen MR) is 78.6 cm³/mol. The number of nitrogens with one attached hydrogen (secondary N) is 1. The molecule has 0 bridgehead atoms. The van der Waals surface area contributed by atoms with Crippen molar-refractivity contribution in [1.82, 2.24) is 10.2 Å². The van der Waals surface area contributed by atoms with E-state index in [4.69, 9.17) is 4.74 Å². The first-order valence-electron chi connectivity index (χ1n) is 8.40. The molecule has 21 heavy (non-hydrogen) atoms. The standard InChI is InChI=1S/C16H26N2O3/c19-14-10-17-16(20)15(13-4-2-1-3-5-13)18(14)11-12-6-8-21-9-7-12/h12-13,15H,1-11H2,(H,17,20). The summed E-state index contributed by atoms with van der Waals surface area (Å²) < 4.78 is 5.40. The summed E-state index contributed by atoms with van der Waals surface area (Å²) in [6.45, 7) is 2.47. The molecule has 5 heteroatoms. The van der Waals surface area contributed by atoms with Gasteiger partial charge in [0.1, 0.15) is 6.04 Å². The maximum absolute atomic E-state index is 12.4. The van der Waals surface area contributed by atoms with Crippen LogP contribution in [0.1, 0.15) is 44.9 Å². The summed E-state index contributed by atoms with van der Waals surface area (Å²) in [6, 6.07) is -0.227. The van der Waals surface area contributed by atoms with E-state index < -0.39 is 0 Å². The van der Waals surface area contributed by atoms with E-state index in [0.717, 1.165) is 45.4 Å². The molecule has 118 valence electrons. The average Bonchev–Trinajstić information content (AvgIpc) is 2.53. The number of carbonyl (C=O) groups is 2. The molecular weight excluding hydrogens is 268 g/mol. The fourth-order valence-electron chi connectivity index (χ4n) is 4.01. The first kappa shape index (κ1) is 14.8. The van der Waals surface area contributed by atoms with Crippen LogP contribution in [-0.4, -0.2) is 49.1 Å². The highest BCUT2D eigenvalue weighted by Crippen LogP contribution is 2.31. The smallest absolute Gasteiger partial charge is 0.243 e. The van der Waals surface area contributed by atoms with Crippen LogP contribution in [0.25, 0.3) is 0 Å². The Hall–Kier alpha value is -1.10. The van der Waals surface area contributed by atoms with Gasteiger partial charge in [-0.05, 0) is 37.5 Å². The zero-order valence-corrected chi connectivity index (χ0v) is 12.7. The molecule has 3 rings (SSSR count). The van der Waals surface area contributed by atoms with Crippen LogP contribution in [0.3, 0.4) is 0 Å². The minimum Gasteiger partial charge on any atom is -0.381 e. The van der Waals surface area contributed by atoms with E-state index in [1.807, 2.05) is 4.90 Å². The molecule has 0 aromatic rings. The number of piperazine rings is 1. The van der Waals surface area contributed by atoms with Crippen LogP contribution in [0.4, 0.5) is 0 Å². The summed E-state index contributed by atoms with van der Waals surface area (Å²) in [6.07, 6.45) is 7.80. The third-order valence-electron chi connectivity index (χ3n) is 5.23. The number of carbonyl (C=O) groups excluding carboxylic acids is 2. The van der Waals surface area contributed by atoms with Gasteiger partial charge in [-0.25, -0.2) is 0 Å². The molecule has 0 aromatic carbocycles. The minimum atomic E-state index is -0.227. The normalized spacial score (nSPS) is 29.5. The number of hydrogen-bond donors (Lipinski definition) is 1. The van der Waals surface area contributed by atoms with Gasteiger partial charge in [-0.3, -0.25) is 9.59 Å². The van der Waals surface area contributed by atoms with Crippen molar-refractivity contribution in [1.29, 1.82) is 0 Å². The molecule has 1 N–H and O–H groups in total. The predicted octanol–water partition coefficient (Wildman–Crippen LogP) is 1.32. The van der Waals surface area contributed by atoms with E-state index in [9.17, 15) is 9.59 Å². The molecule has 2 amide bonds. The molecule has 3 fully saturated rings. The average molecular weight is 294 g/mol. The molecule has 1 saturated carbocycles. The van der Waals surface area contributed by atoms with Crippen molar-refractivity contribution in [3.05, 3.63) is 0 Å². The quantitative estimate of drug-likeness (QED) is 0.854. The zero-order chi connectivity index (χ0) is 14.7. The Labute approximate surface area is 126 Å². The summed E-state index contributed by atoms with van der Waals surface area (Å²) >= 11 is 0. The lowest BCUT2D eigenvalue weighted by atomic mass is 9.81. The zero-order valence-electron chi connectivity index (χ0n) is 12.7. The Morgan fingerprint density at radius 1 is 1.05 bits per heavy atom. The Morgan fingerprint density at radius 2 is 1.76 bits per heavy atom. The molecule has 5 nitrogen and oxygen atoms in total. The summed E-state index contributed by atoms with van der Waals surface area (Å²) in [7, 11) is 0. The fraction of sp³-hybridized carbons (Fsp3) is 0.875. The molecule has 2 saturated heterocycles. The van der Waals surface area contributed by atoms with Crippen LogP contribution in [-0.2, 0) is 14.3 Å². The van der Waals surface area contributed by atoms with Crippen LogP contribution in [0.5, 0.6) is 0 Å². The summed E-state index contributed by atoms with van der Waals surface area (Å²) in [5, 5.41) is 2.79. The monoisotopic (exact) mass is 294 g/mol. The molecule has 3 aliphatic rings. The Kier molecular flexibility index (Phi) is 4.78. The van der Waals surface area contributed by atoms with Gasteiger partial charge >= 0.3 is 0 Å². The van der Waals surface area contributed by atoms with Gasteiger partial charge in [0.15, 0.2) is 0 Å². The Bertz CT molecular complexity index is 387. The maximum Gasteiger partial charge on any atom is 0.243 e. The molecule has 1 aliphatic carbocycles. The summed E-state index contributed by atoms with van der Waals surface area (Å²) in [4.78, 5) is 26.6. The second-order valence-electron chi connectivity index (χ2n) is 6.66. The molecule has 1 unspecified atom stereocenters. The van der Waals surface area contributed by atoms with Crippen LogP contribution in [0.2, 0.25) is 0 Å². The minimum absolute atomic E-state index is 0.0635. The van der Waals surface area contributed by atoms with E-state index in [0.29, 0.717) is 11.8 Å². The number of rotatable bonds is 3. The van der Waals surface area contributed by atoms with E-state index >= 15 is 0 Å². The largest absolute Gasteiger partial charge is 0.381 e. The van der Waals surface area contributed by atoms with Crippen molar-refractivity contribution in [2.24, 2.45) is 11.8 Å². The van der Waals surface area contributed by atoms with Crippen molar-refractivity contribution < 1.29 is 14.3 Å². The lowest BCUT2D eigenvalue weighted by Crippen LogP contribution is -2.62. The SMILES string of the molecule is O=C1NCC(=O)N(CC2CCOCC2)C1C1CCCCC1. The Morgan fingerprint density at radius 3 is 2.48 bits per heavy atom. The van der Waals surface area contributed by atoms with Gasteiger partial charge in [0, 0.05) is 19.8 Å². The highest BCUT2D eigenvalue weighted by molar-refractivity contribution is 5.95. The van der Waals surface area contributed by atoms with Crippen LogP contribution in [0, 0.1) is 11.8 Å². The second-order valence-corrected chi connectivity index (χ2v) is 6.66. The van der Waals surface area contributed by atoms with Crippen molar-refractivity contribution in [3.8, 4) is 0 Å². The van der Waals surface area contributed by atoms with Gasteiger partial charge in [-0.1, -0.05) is 19.3 Å². The van der Waals surface area contributed by atoms with Gasteiger partial charge in [0.05, 0.1) is 6.54 Å². The maximum atomic E-state index is 12.4. The number of amides is 2. The first-order valence-corrected chi connectivity index (χ1v) is 8.40. The lowest BCUT2D eigenvalue weighted by molar-refractivity contribution is -0.149. The van der Waals surface area contributed by atoms with Crippen LogP contribution >= 0.6 is 0 Å². The first-order chi connectivity index (χ1) is 10.3. The van der Waals surface area contributed by atoms with Gasteiger partial charge in [-0.2, -0.15) is 0 Å². The van der Waals surface area contributed by atoms with E-state index in [1.165, 1.54) is 19.3 Å². The molecular formula is C16H26N2O3. The van der Waals surface area contributed by atoms with Crippen molar-refractivity contribution >= 4 is 11.8 Å². The van der Waals surface area contributed by atoms with E-state index in [-0.39, 0.29) is 24.4 Å². The third-order valence-corrected chi connectivity index (χ3v) is 5.23. The highest BCUT2D eigenvalue weighted by atomic mass is 16.5.